The largest absolute Gasteiger partial charge is 0.300 e. The van der Waals surface area contributed by atoms with Crippen molar-refractivity contribution in [2.24, 2.45) is 4.99 Å². The van der Waals surface area contributed by atoms with E-state index in [4.69, 9.17) is 5.41 Å². The van der Waals surface area contributed by atoms with Crippen molar-refractivity contribution >= 4 is 50.4 Å². The van der Waals surface area contributed by atoms with E-state index in [1.807, 2.05) is 48.5 Å². The van der Waals surface area contributed by atoms with Crippen LogP contribution in [0.4, 0.5) is 0 Å². The molecule has 0 heterocycles. The highest BCUT2D eigenvalue weighted by atomic mass is 14.7. The fourth-order valence-electron chi connectivity index (χ4n) is 9.07. The van der Waals surface area contributed by atoms with Gasteiger partial charge in [-0.05, 0) is 119 Å². The van der Waals surface area contributed by atoms with Crippen LogP contribution in [-0.2, 0) is 5.41 Å². The van der Waals surface area contributed by atoms with E-state index in [9.17, 15) is 0 Å². The Labute approximate surface area is 333 Å². The van der Waals surface area contributed by atoms with Gasteiger partial charge in [0.25, 0.3) is 0 Å². The fraction of sp³-hybridized carbons (Fsp3) is 0.0545. The number of hydrogen-bond acceptors (Lipinski definition) is 2. The van der Waals surface area contributed by atoms with Crippen molar-refractivity contribution in [2.75, 3.05) is 0 Å². The quantitative estimate of drug-likeness (QED) is 0.125. The van der Waals surface area contributed by atoms with Crippen molar-refractivity contribution in [1.29, 1.82) is 5.41 Å². The predicted molar refractivity (Wildman–Crippen MR) is 244 cm³/mol. The molecule has 0 unspecified atom stereocenters. The standard InChI is InChI=1S/C55H40N2/c1-55(2)50-22-10-9-19-45(50)46-29-28-40(33-51(46)55)42-20-12-21-47-43-17-7-8-18-44(43)49-32-39(27-30-48(49)54(42)47)38-15-11-16-41(31-38)52(56)34-53(57-3)37-25-23-36(24-26-37)35-13-5-4-6-14-35/h4-34,56H,3H2,1-2H3/b53-34-,56-52?. The monoisotopic (exact) mass is 728 g/mol. The lowest BCUT2D eigenvalue weighted by atomic mass is 9.81. The number of nitrogens with one attached hydrogen (secondary N) is 1. The number of benzene rings is 9. The summed E-state index contributed by atoms with van der Waals surface area (Å²) in [4.78, 5) is 4.33. The Morgan fingerprint density at radius 1 is 0.456 bits per heavy atom. The average molecular weight is 729 g/mol. The Kier molecular flexibility index (Phi) is 8.16. The van der Waals surface area contributed by atoms with Gasteiger partial charge in [0.1, 0.15) is 0 Å². The SMILES string of the molecule is C=N/C(=C\C(=N)c1cccc(-c2ccc3c(c2)c2ccccc2c2cccc(-c4ccc5c(c4)C(C)(C)c4ccccc4-5)c23)c1)c1ccc(-c2ccccc2)cc1. The lowest BCUT2D eigenvalue weighted by Gasteiger charge is -2.22. The molecule has 0 aliphatic heterocycles. The van der Waals surface area contributed by atoms with Gasteiger partial charge in [-0.25, -0.2) is 0 Å². The molecule has 1 aliphatic rings. The number of allylic oxidation sites excluding steroid dienone is 1. The van der Waals surface area contributed by atoms with E-state index in [0.717, 1.165) is 33.4 Å². The van der Waals surface area contributed by atoms with Gasteiger partial charge in [-0.1, -0.05) is 178 Å². The molecule has 0 atom stereocenters. The fourth-order valence-corrected chi connectivity index (χ4v) is 9.07. The van der Waals surface area contributed by atoms with Crippen molar-refractivity contribution in [3.63, 3.8) is 0 Å². The minimum atomic E-state index is -0.0746. The van der Waals surface area contributed by atoms with Gasteiger partial charge < -0.3 is 5.41 Å². The second-order valence-electron chi connectivity index (χ2n) is 15.6. The molecule has 1 aliphatic carbocycles. The third-order valence-electron chi connectivity index (χ3n) is 12.0. The Balaban J connectivity index is 1.05. The van der Waals surface area contributed by atoms with Crippen LogP contribution in [0.5, 0.6) is 0 Å². The van der Waals surface area contributed by atoms with Gasteiger partial charge >= 0.3 is 0 Å². The van der Waals surface area contributed by atoms with Crippen molar-refractivity contribution < 1.29 is 0 Å². The molecule has 0 saturated heterocycles. The Hall–Kier alpha value is -7.16. The lowest BCUT2D eigenvalue weighted by molar-refractivity contribution is 0.660. The van der Waals surface area contributed by atoms with Crippen LogP contribution >= 0.6 is 0 Å². The third kappa shape index (κ3) is 5.72. The molecule has 10 rings (SSSR count). The van der Waals surface area contributed by atoms with Crippen molar-refractivity contribution in [2.45, 2.75) is 19.3 Å². The number of rotatable bonds is 7. The zero-order valence-electron chi connectivity index (χ0n) is 32.1. The van der Waals surface area contributed by atoms with E-state index in [1.165, 1.54) is 65.7 Å². The molecule has 57 heavy (non-hydrogen) atoms. The summed E-state index contributed by atoms with van der Waals surface area (Å²) in [5.41, 5.74) is 15.1. The number of fused-ring (bicyclic) bond motifs is 9. The third-order valence-corrected chi connectivity index (χ3v) is 12.0. The first-order valence-corrected chi connectivity index (χ1v) is 19.5. The highest BCUT2D eigenvalue weighted by Crippen LogP contribution is 2.50. The summed E-state index contributed by atoms with van der Waals surface area (Å²) in [6.07, 6.45) is 1.81. The van der Waals surface area contributed by atoms with Crippen LogP contribution in [-0.4, -0.2) is 12.4 Å². The van der Waals surface area contributed by atoms with Crippen molar-refractivity contribution in [3.05, 3.63) is 210 Å². The van der Waals surface area contributed by atoms with Crippen LogP contribution in [0, 0.1) is 5.41 Å². The normalized spacial score (nSPS) is 13.1. The first-order valence-electron chi connectivity index (χ1n) is 19.5. The highest BCUT2D eigenvalue weighted by molar-refractivity contribution is 6.29. The highest BCUT2D eigenvalue weighted by Gasteiger charge is 2.35. The number of aliphatic imine (C=N–C) groups is 1. The van der Waals surface area contributed by atoms with E-state index < -0.39 is 0 Å². The molecule has 0 bridgehead atoms. The minimum absolute atomic E-state index is 0.0746. The average Bonchev–Trinajstić information content (AvgIpc) is 3.50. The molecule has 2 heteroatoms. The summed E-state index contributed by atoms with van der Waals surface area (Å²) in [6.45, 7) is 8.54. The maximum atomic E-state index is 9.13. The molecule has 0 amide bonds. The van der Waals surface area contributed by atoms with Gasteiger partial charge in [-0.15, -0.1) is 0 Å². The van der Waals surface area contributed by atoms with Gasteiger partial charge in [0, 0.05) is 16.5 Å². The summed E-state index contributed by atoms with van der Waals surface area (Å²) in [5, 5.41) is 16.6. The molecule has 0 aromatic heterocycles. The summed E-state index contributed by atoms with van der Waals surface area (Å²) < 4.78 is 0. The summed E-state index contributed by atoms with van der Waals surface area (Å²) in [6, 6.07) is 65.2. The molecular weight excluding hydrogens is 689 g/mol. The van der Waals surface area contributed by atoms with Crippen LogP contribution < -0.4 is 0 Å². The van der Waals surface area contributed by atoms with Gasteiger partial charge in [-0.2, -0.15) is 0 Å². The van der Waals surface area contributed by atoms with E-state index in [2.05, 4.69) is 165 Å². The second kappa shape index (κ2) is 13.5. The first-order chi connectivity index (χ1) is 27.9. The summed E-state index contributed by atoms with van der Waals surface area (Å²) >= 11 is 0. The van der Waals surface area contributed by atoms with Crippen LogP contribution in [0.3, 0.4) is 0 Å². The number of nitrogens with zero attached hydrogens (tertiary/aromatic N) is 1. The van der Waals surface area contributed by atoms with E-state index in [0.29, 0.717) is 11.4 Å². The van der Waals surface area contributed by atoms with E-state index in [1.54, 1.807) is 0 Å². The minimum Gasteiger partial charge on any atom is -0.300 e. The molecule has 1 N–H and O–H groups in total. The van der Waals surface area contributed by atoms with E-state index >= 15 is 0 Å². The summed E-state index contributed by atoms with van der Waals surface area (Å²) in [7, 11) is 0. The van der Waals surface area contributed by atoms with Gasteiger partial charge in [0.15, 0.2) is 0 Å². The van der Waals surface area contributed by atoms with Crippen molar-refractivity contribution in [1.82, 2.24) is 0 Å². The molecule has 9 aromatic rings. The molecule has 270 valence electrons. The maximum absolute atomic E-state index is 9.13. The van der Waals surface area contributed by atoms with Crippen LogP contribution in [0.25, 0.3) is 82.5 Å². The predicted octanol–water partition coefficient (Wildman–Crippen LogP) is 14.6. The van der Waals surface area contributed by atoms with Crippen molar-refractivity contribution in [3.8, 4) is 44.5 Å². The second-order valence-corrected chi connectivity index (χ2v) is 15.6. The van der Waals surface area contributed by atoms with Crippen LogP contribution in [0.2, 0.25) is 0 Å². The Morgan fingerprint density at radius 3 is 1.84 bits per heavy atom. The lowest BCUT2D eigenvalue weighted by Crippen LogP contribution is -2.14. The smallest absolute Gasteiger partial charge is 0.0716 e. The molecule has 0 radical (unpaired) electrons. The van der Waals surface area contributed by atoms with Crippen LogP contribution in [0.15, 0.2) is 193 Å². The van der Waals surface area contributed by atoms with Gasteiger partial charge in [0.05, 0.1) is 11.4 Å². The van der Waals surface area contributed by atoms with Gasteiger partial charge in [0.2, 0.25) is 0 Å². The Bertz CT molecular complexity index is 3110. The van der Waals surface area contributed by atoms with Crippen LogP contribution in [0.1, 0.15) is 36.1 Å². The van der Waals surface area contributed by atoms with Gasteiger partial charge in [-0.3, -0.25) is 4.99 Å². The summed E-state index contributed by atoms with van der Waals surface area (Å²) in [5.74, 6) is 0. The molecular formula is C55H40N2. The Morgan fingerprint density at radius 2 is 1.04 bits per heavy atom. The topological polar surface area (TPSA) is 36.2 Å². The first kappa shape index (κ1) is 34.3. The zero-order valence-corrected chi connectivity index (χ0v) is 32.1. The van der Waals surface area contributed by atoms with E-state index in [-0.39, 0.29) is 5.41 Å². The number of hydrogen-bond donors (Lipinski definition) is 1. The maximum Gasteiger partial charge on any atom is 0.0716 e. The molecule has 0 fully saturated rings. The molecule has 0 spiro atoms. The molecule has 2 nitrogen and oxygen atoms in total. The zero-order chi connectivity index (χ0) is 38.7. The molecule has 0 saturated carbocycles. The molecule has 9 aromatic carbocycles.